The Hall–Kier alpha value is -0.610. The minimum Gasteiger partial charge on any atom is -0.480 e. The van der Waals surface area contributed by atoms with Gasteiger partial charge >= 0.3 is 5.97 Å². The van der Waals surface area contributed by atoms with E-state index in [4.69, 9.17) is 5.73 Å². The van der Waals surface area contributed by atoms with Crippen LogP contribution < -0.4 is 5.73 Å². The number of nitrogens with zero attached hydrogens (tertiary/aromatic N) is 1. The number of hydrogen-bond donors (Lipinski definition) is 2. The lowest BCUT2D eigenvalue weighted by Crippen LogP contribution is -2.55. The van der Waals surface area contributed by atoms with Crippen LogP contribution in [0.3, 0.4) is 0 Å². The van der Waals surface area contributed by atoms with Gasteiger partial charge in [-0.05, 0) is 56.9 Å². The molecule has 1 spiro atoms. The molecule has 19 heavy (non-hydrogen) atoms. The fourth-order valence-electron chi connectivity index (χ4n) is 4.60. The zero-order valence-electron chi connectivity index (χ0n) is 11.7. The van der Waals surface area contributed by atoms with Gasteiger partial charge in [-0.3, -0.25) is 9.69 Å². The topological polar surface area (TPSA) is 66.6 Å². The second-order valence-corrected chi connectivity index (χ2v) is 7.14. The highest BCUT2D eigenvalue weighted by atomic mass is 16.4. The molecular formula is C15H26N2O2. The summed E-state index contributed by atoms with van der Waals surface area (Å²) in [5, 5.41) is 9.32. The first-order chi connectivity index (χ1) is 9.03. The summed E-state index contributed by atoms with van der Waals surface area (Å²) < 4.78 is 0. The van der Waals surface area contributed by atoms with Crippen LogP contribution in [-0.4, -0.2) is 40.6 Å². The van der Waals surface area contributed by atoms with Gasteiger partial charge < -0.3 is 10.8 Å². The molecule has 3 aliphatic rings. The van der Waals surface area contributed by atoms with E-state index < -0.39 is 11.5 Å². The molecular weight excluding hydrogens is 240 g/mol. The van der Waals surface area contributed by atoms with Gasteiger partial charge in [0.25, 0.3) is 0 Å². The minimum absolute atomic E-state index is 0.398. The third kappa shape index (κ3) is 2.40. The molecule has 0 aromatic carbocycles. The van der Waals surface area contributed by atoms with Crippen molar-refractivity contribution in [3.05, 3.63) is 0 Å². The summed E-state index contributed by atoms with van der Waals surface area (Å²) in [6.45, 7) is 2.34. The number of carboxylic acids is 1. The van der Waals surface area contributed by atoms with Gasteiger partial charge in [-0.15, -0.1) is 0 Å². The van der Waals surface area contributed by atoms with Crippen LogP contribution in [0.2, 0.25) is 0 Å². The Morgan fingerprint density at radius 3 is 2.58 bits per heavy atom. The fraction of sp³-hybridized carbons (Fsp3) is 0.933. The number of nitrogens with two attached hydrogens (primary N) is 1. The van der Waals surface area contributed by atoms with E-state index in [0.29, 0.717) is 24.3 Å². The maximum absolute atomic E-state index is 11.3. The molecule has 0 aromatic rings. The van der Waals surface area contributed by atoms with Crippen molar-refractivity contribution in [2.24, 2.45) is 11.1 Å². The predicted molar refractivity (Wildman–Crippen MR) is 73.9 cm³/mol. The second-order valence-electron chi connectivity index (χ2n) is 7.14. The quantitative estimate of drug-likeness (QED) is 0.802. The van der Waals surface area contributed by atoms with Gasteiger partial charge in [0.1, 0.15) is 5.54 Å². The molecule has 4 heteroatoms. The Morgan fingerprint density at radius 1 is 1.16 bits per heavy atom. The largest absolute Gasteiger partial charge is 0.480 e. The van der Waals surface area contributed by atoms with Crippen LogP contribution in [0.1, 0.15) is 57.8 Å². The standard InChI is InChI=1S/C15H26N2O2/c16-15(13(18)19)7-3-4-12(10-15)17-9-8-14(11-17)5-1-2-6-14/h12H,1-11,16H2,(H,18,19). The Bertz CT molecular complexity index is 365. The molecule has 1 heterocycles. The third-order valence-electron chi connectivity index (χ3n) is 5.83. The molecule has 0 aromatic heterocycles. The molecule has 0 bridgehead atoms. The molecule has 3 N–H and O–H groups in total. The lowest BCUT2D eigenvalue weighted by Gasteiger charge is -2.39. The Morgan fingerprint density at radius 2 is 1.89 bits per heavy atom. The molecule has 0 amide bonds. The van der Waals surface area contributed by atoms with Gasteiger partial charge in [-0.2, -0.15) is 0 Å². The Labute approximate surface area is 115 Å². The van der Waals surface area contributed by atoms with Crippen molar-refractivity contribution in [3.8, 4) is 0 Å². The molecule has 2 unspecified atom stereocenters. The molecule has 1 saturated heterocycles. The first-order valence-electron chi connectivity index (χ1n) is 7.79. The lowest BCUT2D eigenvalue weighted by molar-refractivity contribution is -0.145. The van der Waals surface area contributed by atoms with Gasteiger partial charge in [0.05, 0.1) is 0 Å². The van der Waals surface area contributed by atoms with E-state index in [1.54, 1.807) is 0 Å². The normalized spacial score (nSPS) is 38.9. The first kappa shape index (κ1) is 13.4. The van der Waals surface area contributed by atoms with Crippen molar-refractivity contribution in [2.75, 3.05) is 13.1 Å². The first-order valence-corrected chi connectivity index (χ1v) is 7.79. The van der Waals surface area contributed by atoms with Gasteiger partial charge in [0.2, 0.25) is 0 Å². The van der Waals surface area contributed by atoms with Crippen LogP contribution in [0.4, 0.5) is 0 Å². The van der Waals surface area contributed by atoms with Crippen LogP contribution >= 0.6 is 0 Å². The number of rotatable bonds is 2. The zero-order valence-corrected chi connectivity index (χ0v) is 11.7. The van der Waals surface area contributed by atoms with Crippen molar-refractivity contribution in [2.45, 2.75) is 69.4 Å². The Kier molecular flexibility index (Phi) is 3.34. The highest BCUT2D eigenvalue weighted by Gasteiger charge is 2.46. The van der Waals surface area contributed by atoms with Crippen molar-refractivity contribution in [1.82, 2.24) is 4.90 Å². The van der Waals surface area contributed by atoms with Crippen LogP contribution in [0.25, 0.3) is 0 Å². The van der Waals surface area contributed by atoms with Gasteiger partial charge in [-0.25, -0.2) is 0 Å². The van der Waals surface area contributed by atoms with Crippen LogP contribution in [0.5, 0.6) is 0 Å². The number of aliphatic carboxylic acids is 1. The van der Waals surface area contributed by atoms with Gasteiger partial charge in [0.15, 0.2) is 0 Å². The number of carbonyl (C=O) groups is 1. The van der Waals surface area contributed by atoms with Crippen LogP contribution in [0, 0.1) is 5.41 Å². The average molecular weight is 266 g/mol. The average Bonchev–Trinajstić information content (AvgIpc) is 3.00. The molecule has 4 nitrogen and oxygen atoms in total. The molecule has 0 radical (unpaired) electrons. The molecule has 108 valence electrons. The number of carboxylic acid groups (broad SMARTS) is 1. The van der Waals surface area contributed by atoms with E-state index in [-0.39, 0.29) is 0 Å². The third-order valence-corrected chi connectivity index (χ3v) is 5.83. The van der Waals surface area contributed by atoms with E-state index in [0.717, 1.165) is 19.4 Å². The summed E-state index contributed by atoms with van der Waals surface area (Å²) in [6.07, 6.45) is 10.2. The van der Waals surface area contributed by atoms with Crippen molar-refractivity contribution >= 4 is 5.97 Å². The molecule has 2 aliphatic carbocycles. The van der Waals surface area contributed by atoms with E-state index >= 15 is 0 Å². The summed E-state index contributed by atoms with van der Waals surface area (Å²) in [7, 11) is 0. The molecule has 1 aliphatic heterocycles. The maximum Gasteiger partial charge on any atom is 0.323 e. The van der Waals surface area contributed by atoms with Crippen LogP contribution in [-0.2, 0) is 4.79 Å². The van der Waals surface area contributed by atoms with Crippen molar-refractivity contribution in [3.63, 3.8) is 0 Å². The SMILES string of the molecule is NC1(C(=O)O)CCCC(N2CCC3(CCCC3)C2)C1. The zero-order chi connectivity index (χ0) is 13.5. The lowest BCUT2D eigenvalue weighted by atomic mass is 9.79. The summed E-state index contributed by atoms with van der Waals surface area (Å²) in [4.78, 5) is 13.9. The number of hydrogen-bond acceptors (Lipinski definition) is 3. The van der Waals surface area contributed by atoms with E-state index in [9.17, 15) is 9.90 Å². The molecule has 2 atom stereocenters. The second kappa shape index (κ2) is 4.74. The van der Waals surface area contributed by atoms with E-state index in [2.05, 4.69) is 4.90 Å². The van der Waals surface area contributed by atoms with E-state index in [1.807, 2.05) is 0 Å². The summed E-state index contributed by atoms with van der Waals surface area (Å²) >= 11 is 0. The minimum atomic E-state index is -0.978. The number of likely N-dealkylation sites (tertiary alicyclic amines) is 1. The van der Waals surface area contributed by atoms with Crippen molar-refractivity contribution in [1.29, 1.82) is 0 Å². The van der Waals surface area contributed by atoms with E-state index in [1.165, 1.54) is 38.6 Å². The summed E-state index contributed by atoms with van der Waals surface area (Å²) in [6, 6.07) is 0.398. The fourth-order valence-corrected chi connectivity index (χ4v) is 4.60. The van der Waals surface area contributed by atoms with Crippen LogP contribution in [0.15, 0.2) is 0 Å². The monoisotopic (exact) mass is 266 g/mol. The molecule has 2 saturated carbocycles. The van der Waals surface area contributed by atoms with Gasteiger partial charge in [-0.1, -0.05) is 12.8 Å². The molecule has 3 rings (SSSR count). The predicted octanol–water partition coefficient (Wildman–Crippen LogP) is 1.98. The van der Waals surface area contributed by atoms with Gasteiger partial charge in [0, 0.05) is 12.6 Å². The summed E-state index contributed by atoms with van der Waals surface area (Å²) in [5.74, 6) is -0.813. The summed E-state index contributed by atoms with van der Waals surface area (Å²) in [5.41, 5.74) is 5.67. The molecule has 3 fully saturated rings. The smallest absolute Gasteiger partial charge is 0.323 e. The highest BCUT2D eigenvalue weighted by molar-refractivity contribution is 5.78. The van der Waals surface area contributed by atoms with Crippen molar-refractivity contribution < 1.29 is 9.90 Å². The Balaban J connectivity index is 1.65. The highest BCUT2D eigenvalue weighted by Crippen LogP contribution is 2.47. The maximum atomic E-state index is 11.3.